The average molecular weight is 318 g/mol. The van der Waals surface area contributed by atoms with Crippen LogP contribution in [-0.4, -0.2) is 15.2 Å². The Hall–Kier alpha value is -1.43. The second kappa shape index (κ2) is 6.36. The van der Waals surface area contributed by atoms with Crippen LogP contribution in [0.25, 0.3) is 0 Å². The molecule has 2 aromatic heterocycles. The van der Waals surface area contributed by atoms with E-state index in [1.807, 2.05) is 0 Å². The molecule has 5 nitrogen and oxygen atoms in total. The van der Waals surface area contributed by atoms with E-state index in [0.717, 1.165) is 29.8 Å². The van der Waals surface area contributed by atoms with Gasteiger partial charge in [-0.15, -0.1) is 16.4 Å². The van der Waals surface area contributed by atoms with Gasteiger partial charge in [-0.1, -0.05) is 24.4 Å². The first-order valence-electron chi connectivity index (χ1n) is 8.37. The van der Waals surface area contributed by atoms with Crippen LogP contribution < -0.4 is 5.32 Å². The number of aromatic nitrogens is 3. The third-order valence-electron chi connectivity index (χ3n) is 4.57. The highest BCUT2D eigenvalue weighted by Crippen LogP contribution is 2.41. The molecule has 0 unspecified atom stereocenters. The van der Waals surface area contributed by atoms with Crippen LogP contribution in [0.5, 0.6) is 0 Å². The summed E-state index contributed by atoms with van der Waals surface area (Å²) >= 11 is 1.77. The number of rotatable bonds is 6. The number of thiazole rings is 1. The zero-order valence-electron chi connectivity index (χ0n) is 12.8. The van der Waals surface area contributed by atoms with Gasteiger partial charge in [0.2, 0.25) is 5.89 Å². The van der Waals surface area contributed by atoms with E-state index in [-0.39, 0.29) is 0 Å². The summed E-state index contributed by atoms with van der Waals surface area (Å²) in [5.41, 5.74) is 1.07. The minimum atomic E-state index is 0.520. The SMILES string of the molecule is c1sc(C2CC2)nc1CNc1nnc(CC2CCCCC2)o1. The summed E-state index contributed by atoms with van der Waals surface area (Å²) in [7, 11) is 0. The van der Waals surface area contributed by atoms with E-state index in [9.17, 15) is 0 Å². The summed E-state index contributed by atoms with van der Waals surface area (Å²) in [4.78, 5) is 4.65. The van der Waals surface area contributed by atoms with Gasteiger partial charge in [0.25, 0.3) is 0 Å². The van der Waals surface area contributed by atoms with Crippen LogP contribution in [-0.2, 0) is 13.0 Å². The molecule has 0 atom stereocenters. The minimum Gasteiger partial charge on any atom is -0.408 e. The van der Waals surface area contributed by atoms with E-state index in [1.165, 1.54) is 50.0 Å². The summed E-state index contributed by atoms with van der Waals surface area (Å²) in [5.74, 6) is 2.22. The Labute approximate surface area is 134 Å². The van der Waals surface area contributed by atoms with Gasteiger partial charge in [-0.05, 0) is 31.6 Å². The molecule has 2 fully saturated rings. The van der Waals surface area contributed by atoms with Crippen LogP contribution in [0.1, 0.15) is 67.5 Å². The number of nitrogens with zero attached hydrogens (tertiary/aromatic N) is 3. The lowest BCUT2D eigenvalue weighted by atomic mass is 9.87. The molecule has 2 aliphatic rings. The minimum absolute atomic E-state index is 0.520. The standard InChI is InChI=1S/C16H22N4OS/c1-2-4-11(5-3-1)8-14-19-20-16(21-14)17-9-13-10-22-15(18-13)12-6-7-12/h10-12H,1-9H2,(H,17,20). The first kappa shape index (κ1) is 14.2. The van der Waals surface area contributed by atoms with Crippen molar-refractivity contribution in [2.75, 3.05) is 5.32 Å². The van der Waals surface area contributed by atoms with Crippen molar-refractivity contribution in [1.29, 1.82) is 0 Å². The van der Waals surface area contributed by atoms with Crippen molar-refractivity contribution < 1.29 is 4.42 Å². The topological polar surface area (TPSA) is 63.8 Å². The molecular formula is C16H22N4OS. The number of anilines is 1. The molecule has 2 aliphatic carbocycles. The molecule has 4 rings (SSSR count). The average Bonchev–Trinajstić information content (AvgIpc) is 3.12. The highest BCUT2D eigenvalue weighted by Gasteiger charge is 2.26. The van der Waals surface area contributed by atoms with E-state index in [0.29, 0.717) is 12.6 Å². The highest BCUT2D eigenvalue weighted by atomic mass is 32.1. The summed E-state index contributed by atoms with van der Waals surface area (Å²) in [5, 5.41) is 14.9. The van der Waals surface area contributed by atoms with Gasteiger partial charge in [-0.25, -0.2) is 4.98 Å². The fourth-order valence-electron chi connectivity index (χ4n) is 3.13. The predicted octanol–water partition coefficient (Wildman–Crippen LogP) is 4.14. The molecule has 2 aromatic rings. The van der Waals surface area contributed by atoms with Crippen LogP contribution in [0, 0.1) is 5.92 Å². The van der Waals surface area contributed by atoms with Gasteiger partial charge in [0.15, 0.2) is 0 Å². The van der Waals surface area contributed by atoms with Crippen molar-refractivity contribution in [1.82, 2.24) is 15.2 Å². The van der Waals surface area contributed by atoms with Crippen LogP contribution in [0.3, 0.4) is 0 Å². The maximum Gasteiger partial charge on any atom is 0.315 e. The summed E-state index contributed by atoms with van der Waals surface area (Å²) < 4.78 is 5.72. The second-order valence-corrected chi connectivity index (χ2v) is 7.40. The second-order valence-electron chi connectivity index (χ2n) is 6.51. The van der Waals surface area contributed by atoms with Crippen LogP contribution in [0.15, 0.2) is 9.80 Å². The first-order chi connectivity index (χ1) is 10.9. The fourth-order valence-corrected chi connectivity index (χ4v) is 4.12. The van der Waals surface area contributed by atoms with Crippen molar-refractivity contribution in [2.45, 2.75) is 63.8 Å². The van der Waals surface area contributed by atoms with Crippen LogP contribution in [0.2, 0.25) is 0 Å². The maximum absolute atomic E-state index is 5.72. The molecule has 2 heterocycles. The van der Waals surface area contributed by atoms with E-state index in [2.05, 4.69) is 25.9 Å². The Morgan fingerprint density at radius 3 is 2.82 bits per heavy atom. The molecule has 0 spiro atoms. The smallest absolute Gasteiger partial charge is 0.315 e. The van der Waals surface area contributed by atoms with Crippen molar-refractivity contribution in [3.8, 4) is 0 Å². The lowest BCUT2D eigenvalue weighted by Gasteiger charge is -2.19. The maximum atomic E-state index is 5.72. The Morgan fingerprint density at radius 2 is 2.00 bits per heavy atom. The molecule has 0 saturated heterocycles. The Balaban J connectivity index is 1.29. The monoisotopic (exact) mass is 318 g/mol. The first-order valence-corrected chi connectivity index (χ1v) is 9.25. The molecule has 6 heteroatoms. The molecule has 2 saturated carbocycles. The van der Waals surface area contributed by atoms with E-state index < -0.39 is 0 Å². The molecule has 22 heavy (non-hydrogen) atoms. The largest absolute Gasteiger partial charge is 0.408 e. The quantitative estimate of drug-likeness (QED) is 0.867. The zero-order valence-corrected chi connectivity index (χ0v) is 13.6. The molecule has 0 aliphatic heterocycles. The van der Waals surface area contributed by atoms with Gasteiger partial charge in [0.1, 0.15) is 0 Å². The molecule has 0 radical (unpaired) electrons. The van der Waals surface area contributed by atoms with E-state index in [4.69, 9.17) is 4.42 Å². The van der Waals surface area contributed by atoms with Crippen molar-refractivity contribution in [3.05, 3.63) is 22.0 Å². The predicted molar refractivity (Wildman–Crippen MR) is 86.0 cm³/mol. The van der Waals surface area contributed by atoms with Crippen molar-refractivity contribution >= 4 is 17.4 Å². The van der Waals surface area contributed by atoms with Crippen molar-refractivity contribution in [2.24, 2.45) is 5.92 Å². The van der Waals surface area contributed by atoms with Crippen LogP contribution >= 0.6 is 11.3 Å². The number of nitrogens with one attached hydrogen (secondary N) is 1. The van der Waals surface area contributed by atoms with Gasteiger partial charge in [-0.2, -0.15) is 0 Å². The van der Waals surface area contributed by atoms with Gasteiger partial charge < -0.3 is 9.73 Å². The molecule has 1 N–H and O–H groups in total. The van der Waals surface area contributed by atoms with Crippen molar-refractivity contribution in [3.63, 3.8) is 0 Å². The fraction of sp³-hybridized carbons (Fsp3) is 0.688. The van der Waals surface area contributed by atoms with Gasteiger partial charge in [0, 0.05) is 17.7 Å². The molecule has 0 bridgehead atoms. The molecule has 0 amide bonds. The van der Waals surface area contributed by atoms with Gasteiger partial charge in [0.05, 0.1) is 17.2 Å². The molecular weight excluding hydrogens is 296 g/mol. The summed E-state index contributed by atoms with van der Waals surface area (Å²) in [6.45, 7) is 0.661. The van der Waals surface area contributed by atoms with Gasteiger partial charge >= 0.3 is 6.01 Å². The summed E-state index contributed by atoms with van der Waals surface area (Å²) in [6, 6.07) is 0.520. The van der Waals surface area contributed by atoms with Gasteiger partial charge in [-0.3, -0.25) is 0 Å². The zero-order chi connectivity index (χ0) is 14.8. The molecule has 118 valence electrons. The highest BCUT2D eigenvalue weighted by molar-refractivity contribution is 7.09. The summed E-state index contributed by atoms with van der Waals surface area (Å²) in [6.07, 6.45) is 10.2. The molecule has 0 aromatic carbocycles. The Kier molecular flexibility index (Phi) is 4.10. The lowest BCUT2D eigenvalue weighted by molar-refractivity contribution is 0.330. The number of hydrogen-bond acceptors (Lipinski definition) is 6. The normalized spacial score (nSPS) is 19.5. The van der Waals surface area contributed by atoms with Crippen LogP contribution in [0.4, 0.5) is 6.01 Å². The Morgan fingerprint density at radius 1 is 1.14 bits per heavy atom. The number of hydrogen-bond donors (Lipinski definition) is 1. The third kappa shape index (κ3) is 3.48. The van der Waals surface area contributed by atoms with E-state index >= 15 is 0 Å². The van der Waals surface area contributed by atoms with E-state index in [1.54, 1.807) is 11.3 Å². The third-order valence-corrected chi connectivity index (χ3v) is 5.63. The Bertz CT molecular complexity index is 613. The lowest BCUT2D eigenvalue weighted by Crippen LogP contribution is -2.09.